The molecule has 0 aliphatic carbocycles. The molecule has 0 fully saturated rings. The Balaban J connectivity index is 2.28. The molecule has 0 aromatic heterocycles. The molecule has 0 saturated heterocycles. The number of rotatable bonds is 3. The van der Waals surface area contributed by atoms with Gasteiger partial charge in [0, 0.05) is 11.3 Å². The Bertz CT molecular complexity index is 523. The number of aliphatic hydroxyl groups is 1. The maximum Gasteiger partial charge on any atom is 0.132 e. The van der Waals surface area contributed by atoms with E-state index in [0.29, 0.717) is 5.75 Å². The second kappa shape index (κ2) is 4.89. The zero-order chi connectivity index (χ0) is 12.3. The number of aliphatic hydroxyl groups excluding tert-OH is 1. The number of benzene rings is 2. The van der Waals surface area contributed by atoms with E-state index in [1.54, 1.807) is 0 Å². The van der Waals surface area contributed by atoms with Gasteiger partial charge < -0.3 is 15.6 Å². The van der Waals surface area contributed by atoms with Crippen LogP contribution < -0.4 is 10.5 Å². The number of ether oxygens (including phenoxy) is 1. The van der Waals surface area contributed by atoms with Gasteiger partial charge in [-0.15, -0.1) is 0 Å². The smallest absolute Gasteiger partial charge is 0.132 e. The lowest BCUT2D eigenvalue weighted by molar-refractivity contribution is 0.276. The van der Waals surface area contributed by atoms with Gasteiger partial charge in [0.1, 0.15) is 11.5 Å². The molecule has 0 aliphatic heterocycles. The first-order valence-corrected chi connectivity index (χ1v) is 5.43. The molecule has 2 aromatic carbocycles. The Kier molecular flexibility index (Phi) is 3.30. The van der Waals surface area contributed by atoms with Gasteiger partial charge in [0.05, 0.1) is 6.61 Å². The molecule has 0 atom stereocenters. The molecule has 3 N–H and O–H groups in total. The Morgan fingerprint density at radius 3 is 2.65 bits per heavy atom. The van der Waals surface area contributed by atoms with Gasteiger partial charge in [0.15, 0.2) is 0 Å². The molecule has 0 radical (unpaired) electrons. The summed E-state index contributed by atoms with van der Waals surface area (Å²) in [5.74, 6) is 1.39. The number of hydrogen-bond acceptors (Lipinski definition) is 3. The number of hydrogen-bond donors (Lipinski definition) is 2. The summed E-state index contributed by atoms with van der Waals surface area (Å²) in [6.07, 6.45) is 0. The molecule has 88 valence electrons. The van der Waals surface area contributed by atoms with Crippen molar-refractivity contribution in [2.45, 2.75) is 13.5 Å². The molecule has 0 saturated carbocycles. The normalized spacial score (nSPS) is 10.2. The van der Waals surface area contributed by atoms with Crippen molar-refractivity contribution in [1.82, 2.24) is 0 Å². The highest BCUT2D eigenvalue weighted by molar-refractivity contribution is 5.50. The zero-order valence-electron chi connectivity index (χ0n) is 9.68. The van der Waals surface area contributed by atoms with Crippen molar-refractivity contribution in [3.05, 3.63) is 53.6 Å². The molecule has 3 nitrogen and oxygen atoms in total. The summed E-state index contributed by atoms with van der Waals surface area (Å²) in [5.41, 5.74) is 8.23. The minimum Gasteiger partial charge on any atom is -0.457 e. The molecule has 0 heterocycles. The van der Waals surface area contributed by atoms with Gasteiger partial charge in [-0.3, -0.25) is 0 Å². The van der Waals surface area contributed by atoms with Gasteiger partial charge in [0.25, 0.3) is 0 Å². The average molecular weight is 229 g/mol. The monoisotopic (exact) mass is 229 g/mol. The van der Waals surface area contributed by atoms with Gasteiger partial charge in [-0.1, -0.05) is 18.2 Å². The van der Waals surface area contributed by atoms with Crippen molar-refractivity contribution in [2.24, 2.45) is 0 Å². The summed E-state index contributed by atoms with van der Waals surface area (Å²) < 4.78 is 5.72. The van der Waals surface area contributed by atoms with E-state index in [1.165, 1.54) is 0 Å². The predicted molar refractivity (Wildman–Crippen MR) is 68.0 cm³/mol. The van der Waals surface area contributed by atoms with Crippen LogP contribution in [-0.4, -0.2) is 5.11 Å². The van der Waals surface area contributed by atoms with Crippen molar-refractivity contribution in [3.63, 3.8) is 0 Å². The fraction of sp³-hybridized carbons (Fsp3) is 0.143. The summed E-state index contributed by atoms with van der Waals surface area (Å²) in [5, 5.41) is 9.20. The molecule has 0 bridgehead atoms. The molecule has 3 heteroatoms. The summed E-state index contributed by atoms with van der Waals surface area (Å²) >= 11 is 0. The van der Waals surface area contributed by atoms with Crippen molar-refractivity contribution < 1.29 is 9.84 Å². The lowest BCUT2D eigenvalue weighted by Crippen LogP contribution is -1.93. The van der Waals surface area contributed by atoms with E-state index in [9.17, 15) is 5.11 Å². The number of aryl methyl sites for hydroxylation is 1. The molecule has 0 unspecified atom stereocenters. The average Bonchev–Trinajstić information content (AvgIpc) is 2.34. The lowest BCUT2D eigenvalue weighted by Gasteiger charge is -2.10. The SMILES string of the molecule is Cc1cc(Oc2ccccc2CO)ccc1N. The van der Waals surface area contributed by atoms with E-state index >= 15 is 0 Å². The third kappa shape index (κ3) is 2.57. The zero-order valence-corrected chi connectivity index (χ0v) is 9.68. The van der Waals surface area contributed by atoms with Crippen LogP contribution in [0.2, 0.25) is 0 Å². The van der Waals surface area contributed by atoms with Gasteiger partial charge in [-0.05, 0) is 36.8 Å². The van der Waals surface area contributed by atoms with Gasteiger partial charge in [-0.25, -0.2) is 0 Å². The van der Waals surface area contributed by atoms with Crippen LogP contribution in [0.3, 0.4) is 0 Å². The summed E-state index contributed by atoms with van der Waals surface area (Å²) in [6.45, 7) is 1.89. The van der Waals surface area contributed by atoms with E-state index in [0.717, 1.165) is 22.6 Å². The molecule has 2 rings (SSSR count). The van der Waals surface area contributed by atoms with Crippen LogP contribution in [0.15, 0.2) is 42.5 Å². The first-order valence-electron chi connectivity index (χ1n) is 5.43. The predicted octanol–water partition coefficient (Wildman–Crippen LogP) is 2.86. The number of anilines is 1. The Labute approximate surface area is 100 Å². The van der Waals surface area contributed by atoms with Gasteiger partial charge in [-0.2, -0.15) is 0 Å². The van der Waals surface area contributed by atoms with Crippen LogP contribution in [0.5, 0.6) is 11.5 Å². The van der Waals surface area contributed by atoms with E-state index in [1.807, 2.05) is 49.4 Å². The standard InChI is InChI=1S/C14H15NO2/c1-10-8-12(6-7-13(10)15)17-14-5-3-2-4-11(14)9-16/h2-8,16H,9,15H2,1H3. The number of nitrogens with two attached hydrogens (primary N) is 1. The molecular formula is C14H15NO2. The van der Waals surface area contributed by atoms with Crippen molar-refractivity contribution >= 4 is 5.69 Å². The minimum absolute atomic E-state index is 0.0376. The van der Waals surface area contributed by atoms with E-state index in [2.05, 4.69) is 0 Å². The molecule has 0 amide bonds. The van der Waals surface area contributed by atoms with E-state index in [-0.39, 0.29) is 6.61 Å². The minimum atomic E-state index is -0.0376. The van der Waals surface area contributed by atoms with E-state index < -0.39 is 0 Å². The third-order valence-electron chi connectivity index (χ3n) is 2.61. The van der Waals surface area contributed by atoms with Crippen LogP contribution in [0.25, 0.3) is 0 Å². The summed E-state index contributed by atoms with van der Waals surface area (Å²) in [6, 6.07) is 12.9. The molecular weight excluding hydrogens is 214 g/mol. The van der Waals surface area contributed by atoms with Crippen molar-refractivity contribution in [1.29, 1.82) is 0 Å². The topological polar surface area (TPSA) is 55.5 Å². The second-order valence-corrected chi connectivity index (χ2v) is 3.89. The van der Waals surface area contributed by atoms with Gasteiger partial charge >= 0.3 is 0 Å². The third-order valence-corrected chi connectivity index (χ3v) is 2.61. The quantitative estimate of drug-likeness (QED) is 0.796. The summed E-state index contributed by atoms with van der Waals surface area (Å²) in [4.78, 5) is 0. The number of para-hydroxylation sites is 1. The van der Waals surface area contributed by atoms with E-state index in [4.69, 9.17) is 10.5 Å². The fourth-order valence-corrected chi connectivity index (χ4v) is 1.57. The highest BCUT2D eigenvalue weighted by Crippen LogP contribution is 2.27. The second-order valence-electron chi connectivity index (χ2n) is 3.89. The summed E-state index contributed by atoms with van der Waals surface area (Å²) in [7, 11) is 0. The van der Waals surface area contributed by atoms with Crippen molar-refractivity contribution in [3.8, 4) is 11.5 Å². The Morgan fingerprint density at radius 1 is 1.18 bits per heavy atom. The first-order chi connectivity index (χ1) is 8.20. The van der Waals surface area contributed by atoms with Crippen LogP contribution in [0.4, 0.5) is 5.69 Å². The van der Waals surface area contributed by atoms with Crippen LogP contribution >= 0.6 is 0 Å². The largest absolute Gasteiger partial charge is 0.457 e. The molecule has 2 aromatic rings. The molecule has 17 heavy (non-hydrogen) atoms. The van der Waals surface area contributed by atoms with Crippen LogP contribution in [-0.2, 0) is 6.61 Å². The number of nitrogen functional groups attached to an aromatic ring is 1. The van der Waals surface area contributed by atoms with Gasteiger partial charge in [0.2, 0.25) is 0 Å². The Morgan fingerprint density at radius 2 is 1.94 bits per heavy atom. The van der Waals surface area contributed by atoms with Crippen LogP contribution in [0, 0.1) is 6.92 Å². The molecule has 0 spiro atoms. The maximum atomic E-state index is 9.20. The Hall–Kier alpha value is -2.00. The highest BCUT2D eigenvalue weighted by atomic mass is 16.5. The lowest BCUT2D eigenvalue weighted by atomic mass is 10.2. The van der Waals surface area contributed by atoms with Crippen molar-refractivity contribution in [2.75, 3.05) is 5.73 Å². The molecule has 0 aliphatic rings. The highest BCUT2D eigenvalue weighted by Gasteiger charge is 2.04. The fourth-order valence-electron chi connectivity index (χ4n) is 1.57. The van der Waals surface area contributed by atoms with Crippen LogP contribution in [0.1, 0.15) is 11.1 Å². The first kappa shape index (κ1) is 11.5. The maximum absolute atomic E-state index is 9.20.